The Hall–Kier alpha value is -0.990. The van der Waals surface area contributed by atoms with Crippen molar-refractivity contribution < 1.29 is 28.8 Å². The number of carbonyl (C=O) groups excluding carboxylic acids is 1. The van der Waals surface area contributed by atoms with Gasteiger partial charge in [0.1, 0.15) is 6.61 Å². The van der Waals surface area contributed by atoms with E-state index < -0.39 is 5.60 Å². The molecule has 0 amide bonds. The highest BCUT2D eigenvalue weighted by molar-refractivity contribution is 5.85. The molecule has 12 atom stereocenters. The number of hydrogen-bond acceptors (Lipinski definition) is 7. The summed E-state index contributed by atoms with van der Waals surface area (Å²) in [4.78, 5) is 11.8. The summed E-state index contributed by atoms with van der Waals surface area (Å²) < 4.78 is 23.5. The highest BCUT2D eigenvalue weighted by atomic mass is 16.7. The number of aliphatic hydroxyl groups is 1. The third kappa shape index (κ3) is 3.97. The predicted molar refractivity (Wildman–Crippen MR) is 138 cm³/mol. The van der Waals surface area contributed by atoms with Crippen LogP contribution in [0.1, 0.15) is 85.0 Å². The van der Waals surface area contributed by atoms with Crippen molar-refractivity contribution in [3.8, 4) is 0 Å². The molecule has 6 rings (SSSR count). The molecular weight excluding hydrogens is 470 g/mol. The van der Waals surface area contributed by atoms with Crippen LogP contribution in [0.3, 0.4) is 0 Å². The van der Waals surface area contributed by atoms with Crippen molar-refractivity contribution >= 4 is 5.97 Å². The Bertz CT molecular complexity index is 939. The summed E-state index contributed by atoms with van der Waals surface area (Å²) in [6.45, 7) is 7.22. The van der Waals surface area contributed by atoms with E-state index in [1.54, 1.807) is 13.2 Å². The van der Waals surface area contributed by atoms with E-state index in [0.29, 0.717) is 30.8 Å². The van der Waals surface area contributed by atoms with Gasteiger partial charge in [-0.2, -0.15) is 0 Å². The van der Waals surface area contributed by atoms with Crippen molar-refractivity contribution in [2.75, 3.05) is 13.7 Å². The normalized spacial score (nSPS) is 53.6. The van der Waals surface area contributed by atoms with E-state index in [2.05, 4.69) is 13.8 Å². The topological polar surface area (TPSA) is 100 Å². The maximum absolute atomic E-state index is 12.4. The zero-order chi connectivity index (χ0) is 26.2. The Morgan fingerprint density at radius 3 is 2.59 bits per heavy atom. The SMILES string of the molecule is CO[C@@H]1C[C@H](O[C@H]2CC[C@@]3(C)[C@@H](CC[C@@H]4[C@@H]3CC[C@]3(C)[C@H](C5=CC(=O)OC5)CC[C@]43O)C2)O[C@@H](C)[C@@H]1N. The molecule has 0 aromatic heterocycles. The van der Waals surface area contributed by atoms with Gasteiger partial charge in [-0.25, -0.2) is 4.79 Å². The average Bonchev–Trinajstić information content (AvgIpc) is 3.41. The Morgan fingerprint density at radius 1 is 1.05 bits per heavy atom. The predicted octanol–water partition coefficient (Wildman–Crippen LogP) is 4.11. The molecule has 0 spiro atoms. The molecule has 4 aliphatic carbocycles. The van der Waals surface area contributed by atoms with Crippen LogP contribution in [0.25, 0.3) is 0 Å². The molecule has 3 N–H and O–H groups in total. The van der Waals surface area contributed by atoms with E-state index in [9.17, 15) is 9.90 Å². The summed E-state index contributed by atoms with van der Waals surface area (Å²) in [5.41, 5.74) is 6.76. The van der Waals surface area contributed by atoms with Gasteiger partial charge in [-0.3, -0.25) is 0 Å². The van der Waals surface area contributed by atoms with Crippen LogP contribution in [-0.4, -0.2) is 61.0 Å². The first-order chi connectivity index (χ1) is 17.6. The largest absolute Gasteiger partial charge is 0.458 e. The molecule has 7 nitrogen and oxygen atoms in total. The van der Waals surface area contributed by atoms with E-state index in [0.717, 1.165) is 63.4 Å². The molecule has 7 heteroatoms. The molecule has 0 aromatic rings. The first-order valence-electron chi connectivity index (χ1n) is 14.8. The fourth-order valence-electron chi connectivity index (χ4n) is 10.1. The fourth-order valence-corrected chi connectivity index (χ4v) is 10.1. The average molecular weight is 518 g/mol. The number of hydrogen-bond donors (Lipinski definition) is 2. The van der Waals surface area contributed by atoms with Gasteiger partial charge in [0.25, 0.3) is 0 Å². The minimum absolute atomic E-state index is 0.0322. The van der Waals surface area contributed by atoms with Crippen LogP contribution in [0.2, 0.25) is 0 Å². The van der Waals surface area contributed by atoms with E-state index in [1.807, 2.05) is 6.92 Å². The second-order valence-electron chi connectivity index (χ2n) is 13.7. The molecule has 0 unspecified atom stereocenters. The van der Waals surface area contributed by atoms with Gasteiger partial charge in [0.2, 0.25) is 0 Å². The smallest absolute Gasteiger partial charge is 0.331 e. The summed E-state index contributed by atoms with van der Waals surface area (Å²) in [5, 5.41) is 12.4. The minimum Gasteiger partial charge on any atom is -0.458 e. The summed E-state index contributed by atoms with van der Waals surface area (Å²) in [6.07, 6.45) is 11.7. The molecule has 208 valence electrons. The van der Waals surface area contributed by atoms with Crippen LogP contribution in [0.5, 0.6) is 0 Å². The van der Waals surface area contributed by atoms with Crippen molar-refractivity contribution in [2.24, 2.45) is 40.2 Å². The number of rotatable bonds is 4. The second kappa shape index (κ2) is 9.29. The van der Waals surface area contributed by atoms with Crippen molar-refractivity contribution in [3.05, 3.63) is 11.6 Å². The monoisotopic (exact) mass is 517 g/mol. The number of esters is 1. The van der Waals surface area contributed by atoms with E-state index >= 15 is 0 Å². The Morgan fingerprint density at radius 2 is 1.86 bits per heavy atom. The molecule has 6 aliphatic rings. The minimum atomic E-state index is -0.658. The molecule has 0 aromatic carbocycles. The van der Waals surface area contributed by atoms with Gasteiger partial charge >= 0.3 is 5.97 Å². The standard InChI is InChI=1S/C30H47NO6/c1-17-27(31)24(34-4)15-26(36-17)37-20-7-10-28(2)19(14-20)5-6-23-22(28)8-11-29(3)21(9-12-30(23,29)33)18-13-25(32)35-16-18/h13,17,19-24,26-27,33H,5-12,14-16,31H2,1-4H3/t17-,19-,20-,21-,22-,23+,24+,26-,27-,28-,29+,30-/m0/s1. The molecule has 2 aliphatic heterocycles. The van der Waals surface area contributed by atoms with Crippen molar-refractivity contribution in [3.63, 3.8) is 0 Å². The molecular formula is C30H47NO6. The van der Waals surface area contributed by atoms with Gasteiger partial charge in [0.05, 0.1) is 30.0 Å². The quantitative estimate of drug-likeness (QED) is 0.428. The highest BCUT2D eigenvalue weighted by Gasteiger charge is 2.67. The Labute approximate surface area is 221 Å². The molecule has 0 bridgehead atoms. The van der Waals surface area contributed by atoms with E-state index in [1.165, 1.54) is 0 Å². The maximum atomic E-state index is 12.4. The number of ether oxygens (including phenoxy) is 4. The summed E-state index contributed by atoms with van der Waals surface area (Å²) in [6, 6.07) is -0.120. The lowest BCUT2D eigenvalue weighted by Crippen LogP contribution is -2.62. The third-order valence-electron chi connectivity index (χ3n) is 12.3. The molecule has 2 heterocycles. The molecule has 37 heavy (non-hydrogen) atoms. The van der Waals surface area contributed by atoms with Crippen molar-refractivity contribution in [1.82, 2.24) is 0 Å². The van der Waals surface area contributed by atoms with Crippen LogP contribution in [0.15, 0.2) is 11.6 Å². The molecule has 5 fully saturated rings. The van der Waals surface area contributed by atoms with Gasteiger partial charge in [0.15, 0.2) is 6.29 Å². The van der Waals surface area contributed by atoms with Gasteiger partial charge in [-0.1, -0.05) is 13.8 Å². The number of cyclic esters (lactones) is 1. The number of fused-ring (bicyclic) bond motifs is 5. The van der Waals surface area contributed by atoms with Crippen LogP contribution >= 0.6 is 0 Å². The highest BCUT2D eigenvalue weighted by Crippen LogP contribution is 2.70. The first kappa shape index (κ1) is 26.2. The molecule has 4 saturated carbocycles. The van der Waals surface area contributed by atoms with Gasteiger partial charge < -0.3 is 29.8 Å². The third-order valence-corrected chi connectivity index (χ3v) is 12.3. The Kier molecular flexibility index (Phi) is 6.59. The summed E-state index contributed by atoms with van der Waals surface area (Å²) in [5.74, 6) is 1.52. The van der Waals surface area contributed by atoms with Crippen LogP contribution in [0.4, 0.5) is 0 Å². The first-order valence-corrected chi connectivity index (χ1v) is 14.8. The molecule has 1 saturated heterocycles. The lowest BCUT2D eigenvalue weighted by atomic mass is 9.43. The fraction of sp³-hybridized carbons (Fsp3) is 0.900. The van der Waals surface area contributed by atoms with E-state index in [-0.39, 0.29) is 53.4 Å². The zero-order valence-corrected chi connectivity index (χ0v) is 23.1. The summed E-state index contributed by atoms with van der Waals surface area (Å²) >= 11 is 0. The lowest BCUT2D eigenvalue weighted by Gasteiger charge is -2.64. The second-order valence-corrected chi connectivity index (χ2v) is 13.7. The lowest BCUT2D eigenvalue weighted by molar-refractivity contribution is -0.254. The van der Waals surface area contributed by atoms with Crippen LogP contribution in [-0.2, 0) is 23.7 Å². The van der Waals surface area contributed by atoms with Crippen LogP contribution < -0.4 is 5.73 Å². The number of methoxy groups -OCH3 is 1. The van der Waals surface area contributed by atoms with Gasteiger partial charge in [0, 0.05) is 25.0 Å². The Balaban J connectivity index is 1.15. The molecule has 0 radical (unpaired) electrons. The zero-order valence-electron chi connectivity index (χ0n) is 23.1. The van der Waals surface area contributed by atoms with Gasteiger partial charge in [-0.15, -0.1) is 0 Å². The van der Waals surface area contributed by atoms with Gasteiger partial charge in [-0.05, 0) is 99.4 Å². The number of nitrogens with two attached hydrogens (primary N) is 1. The van der Waals surface area contributed by atoms with Crippen molar-refractivity contribution in [2.45, 2.75) is 121 Å². The maximum Gasteiger partial charge on any atom is 0.331 e. The van der Waals surface area contributed by atoms with Crippen molar-refractivity contribution in [1.29, 1.82) is 0 Å². The van der Waals surface area contributed by atoms with Crippen LogP contribution in [0, 0.1) is 34.5 Å². The number of carbonyl (C=O) groups is 1. The summed E-state index contributed by atoms with van der Waals surface area (Å²) in [7, 11) is 1.72. The van der Waals surface area contributed by atoms with E-state index in [4.69, 9.17) is 24.7 Å².